The van der Waals surface area contributed by atoms with Crippen molar-refractivity contribution in [3.8, 4) is 0 Å². The Morgan fingerprint density at radius 3 is 2.74 bits per heavy atom. The van der Waals surface area contributed by atoms with Crippen molar-refractivity contribution in [2.75, 3.05) is 7.11 Å². The third-order valence-electron chi connectivity index (χ3n) is 3.31. The Bertz CT molecular complexity index is 487. The molecule has 1 aromatic carbocycles. The number of fused-ring (bicyclic) bond motifs is 1. The van der Waals surface area contributed by atoms with Gasteiger partial charge in [0, 0.05) is 6.54 Å². The number of methoxy groups -OCH3 is 1. The summed E-state index contributed by atoms with van der Waals surface area (Å²) < 4.78 is 4.58. The summed E-state index contributed by atoms with van der Waals surface area (Å²) in [5.41, 5.74) is 2.39. The predicted molar refractivity (Wildman–Crippen MR) is 70.4 cm³/mol. The van der Waals surface area contributed by atoms with Crippen molar-refractivity contribution in [2.45, 2.75) is 32.0 Å². The van der Waals surface area contributed by atoms with Crippen molar-refractivity contribution < 1.29 is 14.3 Å². The first-order valence-electron chi connectivity index (χ1n) is 6.30. The van der Waals surface area contributed by atoms with Crippen LogP contribution in [0.15, 0.2) is 24.3 Å². The average Bonchev–Trinajstić information content (AvgIpc) is 2.45. The number of hydrogen-bond acceptors (Lipinski definition) is 4. The van der Waals surface area contributed by atoms with E-state index in [1.54, 1.807) is 6.92 Å². The Morgan fingerprint density at radius 1 is 1.37 bits per heavy atom. The van der Waals surface area contributed by atoms with Crippen LogP contribution in [0.4, 0.5) is 0 Å². The Labute approximate surface area is 112 Å². The van der Waals surface area contributed by atoms with Crippen molar-refractivity contribution in [1.29, 1.82) is 0 Å². The minimum Gasteiger partial charge on any atom is -0.467 e. The first kappa shape index (κ1) is 13.5. The lowest BCUT2D eigenvalue weighted by Crippen LogP contribution is -2.51. The van der Waals surface area contributed by atoms with Crippen LogP contribution in [0, 0.1) is 0 Å². The van der Waals surface area contributed by atoms with Crippen LogP contribution in [0.25, 0.3) is 0 Å². The topological polar surface area (TPSA) is 67.4 Å². The minimum atomic E-state index is -0.628. The standard InChI is InChI=1S/C14H18N2O3/c1-9(14(18)19-2)16-13(17)12-7-10-5-3-4-6-11(10)8-15-12/h3-6,9,12,15H,7-8H2,1-2H3,(H,16,17). The molecule has 2 unspecified atom stereocenters. The molecule has 0 saturated heterocycles. The van der Waals surface area contributed by atoms with Crippen molar-refractivity contribution in [1.82, 2.24) is 10.6 Å². The van der Waals surface area contributed by atoms with E-state index in [1.165, 1.54) is 18.2 Å². The van der Waals surface area contributed by atoms with Crippen LogP contribution in [0.5, 0.6) is 0 Å². The van der Waals surface area contributed by atoms with Gasteiger partial charge in [0.25, 0.3) is 0 Å². The Kier molecular flexibility index (Phi) is 4.16. The van der Waals surface area contributed by atoms with Gasteiger partial charge in [0.2, 0.25) is 5.91 Å². The monoisotopic (exact) mass is 262 g/mol. The molecule has 0 spiro atoms. The molecule has 0 aliphatic carbocycles. The molecule has 5 nitrogen and oxygen atoms in total. The summed E-state index contributed by atoms with van der Waals surface area (Å²) in [7, 11) is 1.31. The fourth-order valence-corrected chi connectivity index (χ4v) is 2.19. The van der Waals surface area contributed by atoms with Gasteiger partial charge in [-0.3, -0.25) is 4.79 Å². The number of carbonyl (C=O) groups is 2. The molecule has 1 aromatic rings. The smallest absolute Gasteiger partial charge is 0.328 e. The maximum atomic E-state index is 12.1. The van der Waals surface area contributed by atoms with E-state index >= 15 is 0 Å². The van der Waals surface area contributed by atoms with Crippen LogP contribution in [-0.2, 0) is 27.3 Å². The van der Waals surface area contributed by atoms with E-state index in [-0.39, 0.29) is 11.9 Å². The fourth-order valence-electron chi connectivity index (χ4n) is 2.19. The number of nitrogens with one attached hydrogen (secondary N) is 2. The summed E-state index contributed by atoms with van der Waals surface area (Å²) in [6, 6.07) is 7.10. The van der Waals surface area contributed by atoms with Gasteiger partial charge in [-0.05, 0) is 24.5 Å². The maximum absolute atomic E-state index is 12.1. The summed E-state index contributed by atoms with van der Waals surface area (Å²) in [5.74, 6) is -0.614. The van der Waals surface area contributed by atoms with Gasteiger partial charge in [0.15, 0.2) is 0 Å². The van der Waals surface area contributed by atoms with Crippen molar-refractivity contribution in [3.05, 3.63) is 35.4 Å². The number of carbonyl (C=O) groups excluding carboxylic acids is 2. The molecule has 0 aromatic heterocycles. The second-order valence-electron chi connectivity index (χ2n) is 4.66. The quantitative estimate of drug-likeness (QED) is 0.773. The van der Waals surface area contributed by atoms with E-state index in [9.17, 15) is 9.59 Å². The summed E-state index contributed by atoms with van der Waals surface area (Å²) in [4.78, 5) is 23.3. The molecular formula is C14H18N2O3. The van der Waals surface area contributed by atoms with Gasteiger partial charge < -0.3 is 15.4 Å². The molecule has 19 heavy (non-hydrogen) atoms. The molecule has 5 heteroatoms. The van der Waals surface area contributed by atoms with Crippen LogP contribution in [0.3, 0.4) is 0 Å². The highest BCUT2D eigenvalue weighted by Crippen LogP contribution is 2.16. The van der Waals surface area contributed by atoms with Crippen molar-refractivity contribution >= 4 is 11.9 Å². The van der Waals surface area contributed by atoms with E-state index in [2.05, 4.69) is 15.4 Å². The molecule has 2 atom stereocenters. The first-order chi connectivity index (χ1) is 9.11. The van der Waals surface area contributed by atoms with Crippen molar-refractivity contribution in [2.24, 2.45) is 0 Å². The van der Waals surface area contributed by atoms with Gasteiger partial charge in [-0.25, -0.2) is 4.79 Å². The number of benzene rings is 1. The normalized spacial score (nSPS) is 19.2. The highest BCUT2D eigenvalue weighted by molar-refractivity contribution is 5.87. The lowest BCUT2D eigenvalue weighted by Gasteiger charge is -2.26. The molecular weight excluding hydrogens is 244 g/mol. The molecule has 2 rings (SSSR count). The predicted octanol–water partition coefficient (Wildman–Crippen LogP) is 0.379. The van der Waals surface area contributed by atoms with E-state index in [4.69, 9.17) is 0 Å². The van der Waals surface area contributed by atoms with Gasteiger partial charge in [-0.15, -0.1) is 0 Å². The van der Waals surface area contributed by atoms with Crippen LogP contribution in [0.2, 0.25) is 0 Å². The van der Waals surface area contributed by atoms with Crippen LogP contribution in [-0.4, -0.2) is 31.1 Å². The van der Waals surface area contributed by atoms with E-state index in [1.807, 2.05) is 24.3 Å². The van der Waals surface area contributed by atoms with Gasteiger partial charge in [-0.2, -0.15) is 0 Å². The third kappa shape index (κ3) is 3.12. The zero-order valence-electron chi connectivity index (χ0n) is 11.1. The molecule has 2 N–H and O–H groups in total. The summed E-state index contributed by atoms with van der Waals surface area (Å²) in [5, 5.41) is 5.83. The summed E-state index contributed by atoms with van der Waals surface area (Å²) in [6.07, 6.45) is 0.635. The van der Waals surface area contributed by atoms with Crippen LogP contribution >= 0.6 is 0 Å². The Morgan fingerprint density at radius 2 is 2.05 bits per heavy atom. The minimum absolute atomic E-state index is 0.174. The molecule has 1 heterocycles. The van der Waals surface area contributed by atoms with Gasteiger partial charge in [0.1, 0.15) is 6.04 Å². The largest absolute Gasteiger partial charge is 0.467 e. The Balaban J connectivity index is 1.97. The lowest BCUT2D eigenvalue weighted by atomic mass is 9.95. The van der Waals surface area contributed by atoms with Gasteiger partial charge in [0.05, 0.1) is 13.2 Å². The molecule has 1 aliphatic heterocycles. The molecule has 102 valence electrons. The van der Waals surface area contributed by atoms with E-state index in [0.29, 0.717) is 13.0 Å². The molecule has 0 bridgehead atoms. The molecule has 1 aliphatic rings. The average molecular weight is 262 g/mol. The molecule has 0 saturated carbocycles. The maximum Gasteiger partial charge on any atom is 0.328 e. The second kappa shape index (κ2) is 5.84. The van der Waals surface area contributed by atoms with Crippen molar-refractivity contribution in [3.63, 3.8) is 0 Å². The first-order valence-corrected chi connectivity index (χ1v) is 6.30. The number of amides is 1. The second-order valence-corrected chi connectivity index (χ2v) is 4.66. The van der Waals surface area contributed by atoms with Gasteiger partial charge >= 0.3 is 5.97 Å². The van der Waals surface area contributed by atoms with E-state index < -0.39 is 12.0 Å². The third-order valence-corrected chi connectivity index (χ3v) is 3.31. The summed E-state index contributed by atoms with van der Waals surface area (Å²) in [6.45, 7) is 2.28. The molecule has 0 radical (unpaired) electrons. The zero-order chi connectivity index (χ0) is 13.8. The SMILES string of the molecule is COC(=O)C(C)NC(=O)C1Cc2ccccc2CN1. The number of rotatable bonds is 3. The lowest BCUT2D eigenvalue weighted by molar-refractivity contribution is -0.144. The number of hydrogen-bond donors (Lipinski definition) is 2. The van der Waals surface area contributed by atoms with Crippen LogP contribution in [0.1, 0.15) is 18.1 Å². The highest BCUT2D eigenvalue weighted by atomic mass is 16.5. The highest BCUT2D eigenvalue weighted by Gasteiger charge is 2.26. The molecule has 1 amide bonds. The van der Waals surface area contributed by atoms with E-state index in [0.717, 1.165) is 0 Å². The summed E-state index contributed by atoms with van der Waals surface area (Å²) >= 11 is 0. The fraction of sp³-hybridized carbons (Fsp3) is 0.429. The number of ether oxygens (including phenoxy) is 1. The number of esters is 1. The van der Waals surface area contributed by atoms with Crippen LogP contribution < -0.4 is 10.6 Å². The zero-order valence-corrected chi connectivity index (χ0v) is 11.1. The Hall–Kier alpha value is -1.88. The van der Waals surface area contributed by atoms with Gasteiger partial charge in [-0.1, -0.05) is 24.3 Å². The molecule has 0 fully saturated rings.